The molecule has 3 aromatic rings. The highest BCUT2D eigenvalue weighted by molar-refractivity contribution is 6.56. The number of nitrogens with one attached hydrogen (secondary N) is 1. The van der Waals surface area contributed by atoms with Gasteiger partial charge < -0.3 is 0 Å². The lowest BCUT2D eigenvalue weighted by Crippen LogP contribution is -2.40. The molecule has 29 heavy (non-hydrogen) atoms. The Morgan fingerprint density at radius 1 is 1.17 bits per heavy atom. The average molecular weight is 380 g/mol. The fraction of sp³-hybridized carbons (Fsp3) is 0.368. The van der Waals surface area contributed by atoms with Crippen molar-refractivity contribution in [3.05, 3.63) is 36.8 Å². The number of carbonyl (C=O) groups is 1. The molecule has 1 atom stereocenters. The van der Waals surface area contributed by atoms with Crippen LogP contribution in [0.4, 0.5) is 5.95 Å². The third kappa shape index (κ3) is 4.22. The van der Waals surface area contributed by atoms with Crippen LogP contribution in [0.1, 0.15) is 19.8 Å². The van der Waals surface area contributed by atoms with Crippen molar-refractivity contribution in [2.45, 2.75) is 31.0 Å². The van der Waals surface area contributed by atoms with E-state index in [1.54, 1.807) is 18.6 Å². The van der Waals surface area contributed by atoms with Crippen LogP contribution < -0.4 is 5.32 Å². The molecular formula is C19H19B3N6O. The van der Waals surface area contributed by atoms with Crippen LogP contribution in [0.5, 0.6) is 0 Å². The zero-order valence-corrected chi connectivity index (χ0v) is 16.2. The van der Waals surface area contributed by atoms with E-state index < -0.39 is 5.24 Å². The SMILES string of the molecule is [B]C([B])([B])n1cc(-c2ccc3cnc(NC(=O)[C@H](C)N4CCCC4)nc3c2)cn1. The lowest BCUT2D eigenvalue weighted by atomic mass is 9.49. The van der Waals surface area contributed by atoms with Crippen molar-refractivity contribution in [3.63, 3.8) is 0 Å². The molecule has 1 aliphatic rings. The summed E-state index contributed by atoms with van der Waals surface area (Å²) in [6.07, 6.45) is 7.25. The van der Waals surface area contributed by atoms with E-state index in [0.717, 1.165) is 42.4 Å². The van der Waals surface area contributed by atoms with Crippen LogP contribution in [0.15, 0.2) is 36.8 Å². The number of likely N-dealkylation sites (tertiary alicyclic amines) is 1. The van der Waals surface area contributed by atoms with Crippen molar-refractivity contribution >= 4 is 46.3 Å². The first kappa shape index (κ1) is 19.7. The summed E-state index contributed by atoms with van der Waals surface area (Å²) in [5.74, 6) is 0.181. The number of carbonyl (C=O) groups excluding carboxylic acids is 1. The number of rotatable bonds is 5. The number of hydrogen-bond donors (Lipinski definition) is 1. The van der Waals surface area contributed by atoms with E-state index in [-0.39, 0.29) is 17.9 Å². The fourth-order valence-corrected chi connectivity index (χ4v) is 3.46. The van der Waals surface area contributed by atoms with Crippen molar-refractivity contribution in [1.82, 2.24) is 24.6 Å². The van der Waals surface area contributed by atoms with Crippen LogP contribution >= 0.6 is 0 Å². The van der Waals surface area contributed by atoms with E-state index in [0.29, 0.717) is 5.52 Å². The van der Waals surface area contributed by atoms with Crippen molar-refractivity contribution in [1.29, 1.82) is 0 Å². The predicted molar refractivity (Wildman–Crippen MR) is 115 cm³/mol. The van der Waals surface area contributed by atoms with Gasteiger partial charge in [0.1, 0.15) is 0 Å². The number of benzene rings is 1. The van der Waals surface area contributed by atoms with Gasteiger partial charge in [0.05, 0.1) is 41.3 Å². The Morgan fingerprint density at radius 2 is 1.93 bits per heavy atom. The van der Waals surface area contributed by atoms with Gasteiger partial charge in [-0.05, 0) is 49.7 Å². The summed E-state index contributed by atoms with van der Waals surface area (Å²) >= 11 is 0. The van der Waals surface area contributed by atoms with Crippen molar-refractivity contribution < 1.29 is 4.79 Å². The molecule has 2 aromatic heterocycles. The standard InChI is InChI=1S/C19H19B3N6O/c1-12(27-6-2-3-7-27)17(29)26-18-23-9-14-5-4-13(8-16(14)25-18)15-10-24-28(11-15)19(20,21)22/h4-5,8-12H,2-3,6-7H2,1H3,(H,23,25,26,29)/t12-/m0/s1. The molecule has 1 amide bonds. The molecule has 1 N–H and O–H groups in total. The maximum Gasteiger partial charge on any atom is 0.243 e. The van der Waals surface area contributed by atoms with E-state index in [1.165, 1.54) is 4.68 Å². The first-order valence-electron chi connectivity index (χ1n) is 9.55. The predicted octanol–water partition coefficient (Wildman–Crippen LogP) is 0.989. The number of aromatic nitrogens is 4. The Morgan fingerprint density at radius 3 is 2.62 bits per heavy atom. The molecular weight excluding hydrogens is 361 g/mol. The van der Waals surface area contributed by atoms with Gasteiger partial charge in [0.2, 0.25) is 11.9 Å². The third-order valence-corrected chi connectivity index (χ3v) is 5.20. The zero-order valence-electron chi connectivity index (χ0n) is 16.2. The fourth-order valence-electron chi connectivity index (χ4n) is 3.46. The van der Waals surface area contributed by atoms with Gasteiger partial charge in [0.15, 0.2) is 0 Å². The van der Waals surface area contributed by atoms with Gasteiger partial charge in [-0.15, -0.1) is 0 Å². The average Bonchev–Trinajstić information content (AvgIpc) is 3.38. The Labute approximate surface area is 173 Å². The maximum absolute atomic E-state index is 12.5. The molecule has 0 saturated carbocycles. The summed E-state index contributed by atoms with van der Waals surface area (Å²) < 4.78 is 1.29. The molecule has 0 unspecified atom stereocenters. The summed E-state index contributed by atoms with van der Waals surface area (Å²) in [6.45, 7) is 3.80. The van der Waals surface area contributed by atoms with Gasteiger partial charge in [0, 0.05) is 23.3 Å². The quantitative estimate of drug-likeness (QED) is 0.669. The van der Waals surface area contributed by atoms with Crippen LogP contribution in [0, 0.1) is 0 Å². The summed E-state index contributed by atoms with van der Waals surface area (Å²) in [6, 6.07) is 5.51. The van der Waals surface area contributed by atoms with Gasteiger partial charge in [-0.3, -0.25) is 19.7 Å². The Kier molecular flexibility index (Phi) is 5.21. The second kappa shape index (κ2) is 7.67. The zero-order chi connectivity index (χ0) is 20.6. The van der Waals surface area contributed by atoms with Gasteiger partial charge in [-0.25, -0.2) is 9.97 Å². The normalized spacial score (nSPS) is 16.2. The highest BCUT2D eigenvalue weighted by Gasteiger charge is 2.24. The number of anilines is 1. The second-order valence-corrected chi connectivity index (χ2v) is 7.44. The molecule has 0 aliphatic carbocycles. The molecule has 140 valence electrons. The van der Waals surface area contributed by atoms with Crippen molar-refractivity contribution in [2.75, 3.05) is 18.4 Å². The van der Waals surface area contributed by atoms with Crippen molar-refractivity contribution in [3.8, 4) is 11.1 Å². The number of nitrogens with zero attached hydrogens (tertiary/aromatic N) is 5. The highest BCUT2D eigenvalue weighted by Crippen LogP contribution is 2.24. The van der Waals surface area contributed by atoms with Crippen LogP contribution in [0.2, 0.25) is 0 Å². The van der Waals surface area contributed by atoms with Crippen LogP contribution in [-0.2, 0) is 10.0 Å². The first-order valence-corrected chi connectivity index (χ1v) is 9.55. The van der Waals surface area contributed by atoms with Gasteiger partial charge in [0.25, 0.3) is 0 Å². The maximum atomic E-state index is 12.5. The van der Waals surface area contributed by atoms with Crippen LogP contribution in [0.3, 0.4) is 0 Å². The number of amides is 1. The molecule has 7 nitrogen and oxygen atoms in total. The van der Waals surface area contributed by atoms with Crippen LogP contribution in [-0.4, -0.2) is 73.2 Å². The molecule has 6 radical (unpaired) electrons. The summed E-state index contributed by atoms with van der Waals surface area (Å²) in [4.78, 5) is 23.5. The lowest BCUT2D eigenvalue weighted by molar-refractivity contribution is -0.120. The van der Waals surface area contributed by atoms with E-state index in [2.05, 4.69) is 25.3 Å². The molecule has 1 aromatic carbocycles. The van der Waals surface area contributed by atoms with Gasteiger partial charge in [-0.1, -0.05) is 12.1 Å². The molecule has 0 spiro atoms. The largest absolute Gasteiger partial charge is 0.293 e. The topological polar surface area (TPSA) is 75.9 Å². The minimum absolute atomic E-state index is 0.103. The monoisotopic (exact) mass is 380 g/mol. The molecule has 1 aliphatic heterocycles. The highest BCUT2D eigenvalue weighted by atomic mass is 16.2. The third-order valence-electron chi connectivity index (χ3n) is 5.20. The van der Waals surface area contributed by atoms with E-state index in [1.807, 2.05) is 25.1 Å². The molecule has 3 heterocycles. The number of fused-ring (bicyclic) bond motifs is 1. The Balaban J connectivity index is 1.56. The lowest BCUT2D eigenvalue weighted by Gasteiger charge is -2.22. The second-order valence-electron chi connectivity index (χ2n) is 7.44. The summed E-state index contributed by atoms with van der Waals surface area (Å²) in [5.41, 5.74) is 2.37. The number of hydrogen-bond acceptors (Lipinski definition) is 5. The molecule has 0 bridgehead atoms. The van der Waals surface area contributed by atoms with E-state index in [9.17, 15) is 4.79 Å². The van der Waals surface area contributed by atoms with Gasteiger partial charge in [-0.2, -0.15) is 5.10 Å². The minimum Gasteiger partial charge on any atom is -0.293 e. The van der Waals surface area contributed by atoms with Crippen molar-refractivity contribution in [2.24, 2.45) is 0 Å². The van der Waals surface area contributed by atoms with Gasteiger partial charge >= 0.3 is 0 Å². The van der Waals surface area contributed by atoms with E-state index in [4.69, 9.17) is 23.5 Å². The Hall–Kier alpha value is -2.61. The van der Waals surface area contributed by atoms with Crippen LogP contribution in [0.25, 0.3) is 22.0 Å². The van der Waals surface area contributed by atoms with E-state index >= 15 is 0 Å². The molecule has 1 saturated heterocycles. The smallest absolute Gasteiger partial charge is 0.243 e. The first-order chi connectivity index (χ1) is 13.8. The molecule has 10 heteroatoms. The Bertz CT molecular complexity index is 1040. The summed E-state index contributed by atoms with van der Waals surface area (Å²) in [5, 5.41) is 6.22. The molecule has 4 rings (SSSR count). The summed E-state index contributed by atoms with van der Waals surface area (Å²) in [7, 11) is 17.0. The minimum atomic E-state index is -1.57. The molecule has 1 fully saturated rings.